The number of hydrogen-bond acceptors (Lipinski definition) is 3. The number of carbonyl (C=O) groups excluding carboxylic acids is 1. The molecule has 0 radical (unpaired) electrons. The monoisotopic (exact) mass is 212 g/mol. The van der Waals surface area contributed by atoms with Gasteiger partial charge in [0.2, 0.25) is 5.91 Å². The molecule has 0 aromatic heterocycles. The van der Waals surface area contributed by atoms with Gasteiger partial charge in [0.15, 0.2) is 0 Å². The molecule has 0 aliphatic rings. The van der Waals surface area contributed by atoms with Gasteiger partial charge in [0.1, 0.15) is 0 Å². The van der Waals surface area contributed by atoms with E-state index in [0.717, 1.165) is 19.4 Å². The molecule has 0 aliphatic heterocycles. The first-order valence-corrected chi connectivity index (χ1v) is 5.30. The largest absolute Gasteiger partial charge is 0.381 e. The lowest BCUT2D eigenvalue weighted by Gasteiger charge is -2.05. The zero-order valence-corrected chi connectivity index (χ0v) is 9.34. The van der Waals surface area contributed by atoms with E-state index in [1.165, 1.54) is 0 Å². The van der Waals surface area contributed by atoms with Crippen LogP contribution < -0.4 is 10.6 Å². The van der Waals surface area contributed by atoms with Crippen LogP contribution >= 0.6 is 0 Å². The van der Waals surface area contributed by atoms with E-state index in [4.69, 9.17) is 11.2 Å². The summed E-state index contributed by atoms with van der Waals surface area (Å²) in [6, 6.07) is 0. The van der Waals surface area contributed by atoms with E-state index in [-0.39, 0.29) is 12.5 Å². The van der Waals surface area contributed by atoms with Crippen molar-refractivity contribution in [3.8, 4) is 12.3 Å². The highest BCUT2D eigenvalue weighted by Gasteiger charge is 1.97. The molecule has 0 fully saturated rings. The normalized spacial score (nSPS) is 9.60. The molecule has 0 unspecified atom stereocenters. The molecule has 2 N–H and O–H groups in total. The summed E-state index contributed by atoms with van der Waals surface area (Å²) in [5, 5.41) is 5.59. The van der Waals surface area contributed by atoms with E-state index in [2.05, 4.69) is 23.5 Å². The number of hydrogen-bond donors (Lipinski definition) is 2. The fourth-order valence-corrected chi connectivity index (χ4v) is 0.959. The standard InChI is InChI=1S/C11H20N2O2/c1-3-6-12-10-11(14)13-7-5-9-15-8-4-2/h1,12H,4-10H2,2H3,(H,13,14). The molecule has 0 spiro atoms. The van der Waals surface area contributed by atoms with Gasteiger partial charge < -0.3 is 10.1 Å². The second kappa shape index (κ2) is 11.0. The van der Waals surface area contributed by atoms with E-state index >= 15 is 0 Å². The lowest BCUT2D eigenvalue weighted by molar-refractivity contribution is -0.120. The van der Waals surface area contributed by atoms with E-state index < -0.39 is 0 Å². The number of rotatable bonds is 9. The Bertz CT molecular complexity index is 199. The highest BCUT2D eigenvalue weighted by atomic mass is 16.5. The van der Waals surface area contributed by atoms with Gasteiger partial charge in [-0.2, -0.15) is 0 Å². The maximum atomic E-state index is 11.1. The van der Waals surface area contributed by atoms with Crippen molar-refractivity contribution in [1.82, 2.24) is 10.6 Å². The molecular formula is C11H20N2O2. The highest BCUT2D eigenvalue weighted by molar-refractivity contribution is 5.77. The van der Waals surface area contributed by atoms with Gasteiger partial charge in [0.25, 0.3) is 0 Å². The molecule has 4 heteroatoms. The van der Waals surface area contributed by atoms with Crippen LogP contribution in [0.5, 0.6) is 0 Å². The van der Waals surface area contributed by atoms with Crippen LogP contribution in [0.3, 0.4) is 0 Å². The minimum Gasteiger partial charge on any atom is -0.381 e. The topological polar surface area (TPSA) is 50.4 Å². The lowest BCUT2D eigenvalue weighted by Crippen LogP contribution is -2.34. The summed E-state index contributed by atoms with van der Waals surface area (Å²) < 4.78 is 5.27. The van der Waals surface area contributed by atoms with Gasteiger partial charge in [-0.05, 0) is 12.8 Å². The Kier molecular flexibility index (Phi) is 10.3. The van der Waals surface area contributed by atoms with Crippen LogP contribution in [-0.2, 0) is 9.53 Å². The van der Waals surface area contributed by atoms with Gasteiger partial charge >= 0.3 is 0 Å². The van der Waals surface area contributed by atoms with Crippen molar-refractivity contribution >= 4 is 5.91 Å². The molecule has 0 aliphatic carbocycles. The fraction of sp³-hybridized carbons (Fsp3) is 0.727. The van der Waals surface area contributed by atoms with E-state index in [1.807, 2.05) is 0 Å². The Morgan fingerprint density at radius 3 is 2.93 bits per heavy atom. The lowest BCUT2D eigenvalue weighted by atomic mass is 10.4. The average molecular weight is 212 g/mol. The van der Waals surface area contributed by atoms with Crippen molar-refractivity contribution in [3.05, 3.63) is 0 Å². The quantitative estimate of drug-likeness (QED) is 0.422. The van der Waals surface area contributed by atoms with Crippen molar-refractivity contribution in [3.63, 3.8) is 0 Å². The molecule has 86 valence electrons. The molecule has 0 atom stereocenters. The molecule has 0 aromatic rings. The van der Waals surface area contributed by atoms with Crippen LogP contribution in [0.2, 0.25) is 0 Å². The van der Waals surface area contributed by atoms with Gasteiger partial charge in [-0.3, -0.25) is 10.1 Å². The number of nitrogens with one attached hydrogen (secondary N) is 2. The van der Waals surface area contributed by atoms with Crippen molar-refractivity contribution < 1.29 is 9.53 Å². The van der Waals surface area contributed by atoms with Crippen LogP contribution in [0.1, 0.15) is 19.8 Å². The maximum absolute atomic E-state index is 11.1. The van der Waals surface area contributed by atoms with Gasteiger partial charge in [-0.15, -0.1) is 6.42 Å². The Labute approximate surface area is 91.8 Å². The fourth-order valence-electron chi connectivity index (χ4n) is 0.959. The number of amides is 1. The van der Waals surface area contributed by atoms with Gasteiger partial charge in [0.05, 0.1) is 13.1 Å². The summed E-state index contributed by atoms with van der Waals surface area (Å²) in [7, 11) is 0. The second-order valence-corrected chi connectivity index (χ2v) is 3.12. The third-order valence-electron chi connectivity index (χ3n) is 1.65. The molecular weight excluding hydrogens is 192 g/mol. The number of terminal acetylenes is 1. The van der Waals surface area contributed by atoms with Crippen molar-refractivity contribution in [2.24, 2.45) is 0 Å². The van der Waals surface area contributed by atoms with Crippen LogP contribution in [0.4, 0.5) is 0 Å². The van der Waals surface area contributed by atoms with Crippen molar-refractivity contribution in [2.75, 3.05) is 32.8 Å². The second-order valence-electron chi connectivity index (χ2n) is 3.12. The first-order valence-electron chi connectivity index (χ1n) is 5.30. The van der Waals surface area contributed by atoms with Crippen molar-refractivity contribution in [2.45, 2.75) is 19.8 Å². The molecule has 0 saturated carbocycles. The summed E-state index contributed by atoms with van der Waals surface area (Å²) in [5.74, 6) is 2.38. The average Bonchev–Trinajstić information content (AvgIpc) is 2.23. The van der Waals surface area contributed by atoms with Gasteiger partial charge in [-0.1, -0.05) is 12.8 Å². The predicted molar refractivity (Wildman–Crippen MR) is 60.4 cm³/mol. The van der Waals surface area contributed by atoms with Crippen LogP contribution in [0.15, 0.2) is 0 Å². The summed E-state index contributed by atoms with van der Waals surface area (Å²) in [6.07, 6.45) is 6.90. The molecule has 15 heavy (non-hydrogen) atoms. The first-order chi connectivity index (χ1) is 7.31. The highest BCUT2D eigenvalue weighted by Crippen LogP contribution is 1.83. The SMILES string of the molecule is C#CCNCC(=O)NCCCOCCC. The molecule has 0 aromatic carbocycles. The summed E-state index contributed by atoms with van der Waals surface area (Å²) in [4.78, 5) is 11.1. The van der Waals surface area contributed by atoms with Crippen LogP contribution in [-0.4, -0.2) is 38.8 Å². The number of carbonyl (C=O) groups is 1. The van der Waals surface area contributed by atoms with E-state index in [1.54, 1.807) is 0 Å². The van der Waals surface area contributed by atoms with E-state index in [0.29, 0.717) is 19.7 Å². The Balaban J connectivity index is 3.14. The zero-order valence-electron chi connectivity index (χ0n) is 9.34. The van der Waals surface area contributed by atoms with Crippen LogP contribution in [0.25, 0.3) is 0 Å². The Hall–Kier alpha value is -1.05. The molecule has 0 rings (SSSR count). The molecule has 0 bridgehead atoms. The minimum absolute atomic E-state index is 0.0271. The minimum atomic E-state index is -0.0271. The summed E-state index contributed by atoms with van der Waals surface area (Å²) in [5.41, 5.74) is 0. The Morgan fingerprint density at radius 2 is 2.27 bits per heavy atom. The van der Waals surface area contributed by atoms with Gasteiger partial charge in [0, 0.05) is 19.8 Å². The zero-order chi connectivity index (χ0) is 11.4. The third kappa shape index (κ3) is 10.9. The Morgan fingerprint density at radius 1 is 1.47 bits per heavy atom. The predicted octanol–water partition coefficient (Wildman–Crippen LogP) is 0.142. The van der Waals surface area contributed by atoms with Crippen molar-refractivity contribution in [1.29, 1.82) is 0 Å². The smallest absolute Gasteiger partial charge is 0.233 e. The van der Waals surface area contributed by atoms with E-state index in [9.17, 15) is 4.79 Å². The first kappa shape index (κ1) is 13.9. The maximum Gasteiger partial charge on any atom is 0.233 e. The third-order valence-corrected chi connectivity index (χ3v) is 1.65. The molecule has 0 heterocycles. The molecule has 4 nitrogen and oxygen atoms in total. The summed E-state index contributed by atoms with van der Waals surface area (Å²) >= 11 is 0. The molecule has 1 amide bonds. The van der Waals surface area contributed by atoms with Gasteiger partial charge in [-0.25, -0.2) is 0 Å². The van der Waals surface area contributed by atoms with Crippen LogP contribution in [0, 0.1) is 12.3 Å². The number of ether oxygens (including phenoxy) is 1. The summed E-state index contributed by atoms with van der Waals surface area (Å²) in [6.45, 7) is 4.91. The molecule has 0 saturated heterocycles.